The molecule has 0 radical (unpaired) electrons. The Balaban J connectivity index is 2.12. The van der Waals surface area contributed by atoms with Gasteiger partial charge >= 0.3 is 11.9 Å². The van der Waals surface area contributed by atoms with Crippen molar-refractivity contribution < 1.29 is 19.8 Å². The van der Waals surface area contributed by atoms with Crippen LogP contribution in [0.25, 0.3) is 5.65 Å². The minimum Gasteiger partial charge on any atom is -0.478 e. The number of hydrogen-bond acceptors (Lipinski definition) is 5. The summed E-state index contributed by atoms with van der Waals surface area (Å²) in [6.07, 6.45) is 0. The van der Waals surface area contributed by atoms with Crippen LogP contribution in [0.3, 0.4) is 0 Å². The molecule has 0 aliphatic heterocycles. The number of carboxylic acids is 2. The Morgan fingerprint density at radius 1 is 1.04 bits per heavy atom. The van der Waals surface area contributed by atoms with Crippen molar-refractivity contribution in [3.05, 3.63) is 59.4 Å². The predicted octanol–water partition coefficient (Wildman–Crippen LogP) is 3.45. The normalized spacial score (nSPS) is 11.2. The van der Waals surface area contributed by atoms with E-state index in [2.05, 4.69) is 15.2 Å². The quantitative estimate of drug-likeness (QED) is 0.713. The van der Waals surface area contributed by atoms with Crippen molar-refractivity contribution in [3.8, 4) is 0 Å². The molecule has 24 heavy (non-hydrogen) atoms. The third-order valence-corrected chi connectivity index (χ3v) is 3.37. The molecule has 0 bridgehead atoms. The van der Waals surface area contributed by atoms with Gasteiger partial charge in [-0.15, -0.1) is 10.2 Å². The number of azo groups is 1. The zero-order chi connectivity index (χ0) is 17.3. The molecule has 0 atom stereocenters. The highest BCUT2D eigenvalue weighted by Crippen LogP contribution is 2.26. The van der Waals surface area contributed by atoms with E-state index in [0.29, 0.717) is 11.3 Å². The number of fused-ring (bicyclic) bond motifs is 1. The maximum Gasteiger partial charge on any atom is 0.358 e. The highest BCUT2D eigenvalue weighted by molar-refractivity contribution is 5.92. The summed E-state index contributed by atoms with van der Waals surface area (Å²) in [5, 5.41) is 26.3. The number of carbonyl (C=O) groups is 2. The van der Waals surface area contributed by atoms with E-state index in [0.717, 1.165) is 5.69 Å². The third-order valence-electron chi connectivity index (χ3n) is 3.37. The first-order valence-electron chi connectivity index (χ1n) is 6.94. The molecule has 0 fully saturated rings. The van der Waals surface area contributed by atoms with Gasteiger partial charge in [0.1, 0.15) is 5.65 Å². The second-order valence-electron chi connectivity index (χ2n) is 5.01. The minimum absolute atomic E-state index is 0.0687. The molecule has 8 heteroatoms. The summed E-state index contributed by atoms with van der Waals surface area (Å²) < 4.78 is 1.58. The second kappa shape index (κ2) is 5.92. The van der Waals surface area contributed by atoms with Gasteiger partial charge in [0, 0.05) is 5.69 Å². The minimum atomic E-state index is -1.22. The van der Waals surface area contributed by atoms with Gasteiger partial charge in [-0.25, -0.2) is 14.6 Å². The van der Waals surface area contributed by atoms with Crippen LogP contribution in [-0.4, -0.2) is 31.5 Å². The first kappa shape index (κ1) is 15.3. The van der Waals surface area contributed by atoms with Crippen molar-refractivity contribution in [2.45, 2.75) is 6.92 Å². The van der Waals surface area contributed by atoms with Crippen LogP contribution in [0, 0.1) is 6.92 Å². The van der Waals surface area contributed by atoms with Crippen molar-refractivity contribution >= 4 is 29.1 Å². The zero-order valence-corrected chi connectivity index (χ0v) is 12.5. The number of aromatic carboxylic acids is 2. The van der Waals surface area contributed by atoms with Crippen LogP contribution >= 0.6 is 0 Å². The first-order chi connectivity index (χ1) is 11.5. The van der Waals surface area contributed by atoms with E-state index in [4.69, 9.17) is 5.11 Å². The lowest BCUT2D eigenvalue weighted by Gasteiger charge is -2.01. The number of imidazole rings is 1. The van der Waals surface area contributed by atoms with Crippen LogP contribution in [-0.2, 0) is 0 Å². The SMILES string of the molecule is Cc1cccc2nc(C(=O)O)c(N=Nc3cccc(C(=O)O)c3)n12. The lowest BCUT2D eigenvalue weighted by Crippen LogP contribution is -1.97. The average molecular weight is 324 g/mol. The summed E-state index contributed by atoms with van der Waals surface area (Å²) in [6.45, 7) is 1.80. The van der Waals surface area contributed by atoms with Gasteiger partial charge < -0.3 is 10.2 Å². The van der Waals surface area contributed by atoms with E-state index >= 15 is 0 Å². The summed E-state index contributed by atoms with van der Waals surface area (Å²) in [6, 6.07) is 11.1. The Bertz CT molecular complexity index is 991. The van der Waals surface area contributed by atoms with E-state index in [9.17, 15) is 14.7 Å². The number of rotatable bonds is 4. The molecule has 0 spiro atoms. The number of hydrogen-bond donors (Lipinski definition) is 2. The summed E-state index contributed by atoms with van der Waals surface area (Å²) in [7, 11) is 0. The van der Waals surface area contributed by atoms with Crippen molar-refractivity contribution in [2.75, 3.05) is 0 Å². The number of nitrogens with zero attached hydrogens (tertiary/aromatic N) is 4. The molecule has 1 aromatic carbocycles. The Hall–Kier alpha value is -3.55. The summed E-state index contributed by atoms with van der Waals surface area (Å²) in [5.74, 6) is -2.22. The van der Waals surface area contributed by atoms with Crippen molar-refractivity contribution in [1.82, 2.24) is 9.38 Å². The van der Waals surface area contributed by atoms with E-state index < -0.39 is 11.9 Å². The molecule has 0 saturated carbocycles. The summed E-state index contributed by atoms with van der Waals surface area (Å²) in [4.78, 5) is 26.4. The summed E-state index contributed by atoms with van der Waals surface area (Å²) >= 11 is 0. The van der Waals surface area contributed by atoms with Gasteiger partial charge in [0.2, 0.25) is 0 Å². The van der Waals surface area contributed by atoms with Crippen molar-refractivity contribution in [3.63, 3.8) is 0 Å². The van der Waals surface area contributed by atoms with E-state index in [1.165, 1.54) is 18.2 Å². The van der Waals surface area contributed by atoms with Gasteiger partial charge in [0.25, 0.3) is 0 Å². The highest BCUT2D eigenvalue weighted by atomic mass is 16.4. The van der Waals surface area contributed by atoms with Crippen LogP contribution in [0.5, 0.6) is 0 Å². The fourth-order valence-corrected chi connectivity index (χ4v) is 2.28. The van der Waals surface area contributed by atoms with E-state index in [-0.39, 0.29) is 17.1 Å². The molecule has 2 aromatic heterocycles. The molecule has 3 aromatic rings. The number of aryl methyl sites for hydroxylation is 1. The molecule has 0 saturated heterocycles. The Kier molecular flexibility index (Phi) is 3.78. The lowest BCUT2D eigenvalue weighted by molar-refractivity contribution is 0.0683. The molecule has 3 rings (SSSR count). The standard InChI is InChI=1S/C16H12N4O4/c1-9-4-2-7-12-17-13(16(23)24)14(20(9)12)19-18-11-6-3-5-10(8-11)15(21)22/h2-8H,1H3,(H,21,22)(H,23,24). The zero-order valence-electron chi connectivity index (χ0n) is 12.5. The average Bonchev–Trinajstić information content (AvgIpc) is 2.93. The number of aromatic nitrogens is 2. The number of pyridine rings is 1. The monoisotopic (exact) mass is 324 g/mol. The molecule has 0 amide bonds. The van der Waals surface area contributed by atoms with Gasteiger partial charge in [-0.05, 0) is 37.3 Å². The summed E-state index contributed by atoms with van der Waals surface area (Å²) in [5.41, 5.74) is 1.35. The van der Waals surface area contributed by atoms with E-state index in [1.807, 2.05) is 0 Å². The lowest BCUT2D eigenvalue weighted by atomic mass is 10.2. The highest BCUT2D eigenvalue weighted by Gasteiger charge is 2.19. The van der Waals surface area contributed by atoms with Crippen molar-refractivity contribution in [2.24, 2.45) is 10.2 Å². The molecule has 8 nitrogen and oxygen atoms in total. The van der Waals surface area contributed by atoms with Gasteiger partial charge in [0.05, 0.1) is 11.3 Å². The predicted molar refractivity (Wildman–Crippen MR) is 84.5 cm³/mol. The Labute approximate surface area is 135 Å². The maximum atomic E-state index is 11.4. The molecule has 0 unspecified atom stereocenters. The smallest absolute Gasteiger partial charge is 0.358 e. The van der Waals surface area contributed by atoms with Crippen LogP contribution in [0.2, 0.25) is 0 Å². The molecular formula is C16H12N4O4. The van der Waals surface area contributed by atoms with Gasteiger partial charge in [-0.2, -0.15) is 0 Å². The molecule has 0 aliphatic carbocycles. The Morgan fingerprint density at radius 2 is 1.79 bits per heavy atom. The fraction of sp³-hybridized carbons (Fsp3) is 0.0625. The maximum absolute atomic E-state index is 11.4. The largest absolute Gasteiger partial charge is 0.478 e. The third kappa shape index (κ3) is 2.72. The van der Waals surface area contributed by atoms with Crippen LogP contribution in [0.4, 0.5) is 11.5 Å². The number of carboxylic acid groups (broad SMARTS) is 2. The second-order valence-corrected chi connectivity index (χ2v) is 5.01. The molecule has 2 N–H and O–H groups in total. The van der Waals surface area contributed by atoms with Gasteiger partial charge in [-0.1, -0.05) is 12.1 Å². The molecular weight excluding hydrogens is 312 g/mol. The fourth-order valence-electron chi connectivity index (χ4n) is 2.28. The van der Waals surface area contributed by atoms with E-state index in [1.54, 1.807) is 35.6 Å². The van der Waals surface area contributed by atoms with Crippen LogP contribution < -0.4 is 0 Å². The Morgan fingerprint density at radius 3 is 2.50 bits per heavy atom. The topological polar surface area (TPSA) is 117 Å². The van der Waals surface area contributed by atoms with Gasteiger partial charge in [0.15, 0.2) is 11.5 Å². The molecule has 120 valence electrons. The molecule has 0 aliphatic rings. The first-order valence-corrected chi connectivity index (χ1v) is 6.94. The number of benzene rings is 1. The van der Waals surface area contributed by atoms with Crippen LogP contribution in [0.15, 0.2) is 52.7 Å². The van der Waals surface area contributed by atoms with Gasteiger partial charge in [-0.3, -0.25) is 4.40 Å². The molecule has 2 heterocycles. The van der Waals surface area contributed by atoms with Crippen molar-refractivity contribution in [1.29, 1.82) is 0 Å². The van der Waals surface area contributed by atoms with Crippen LogP contribution in [0.1, 0.15) is 26.5 Å².